The molecule has 2 bridgehead atoms. The van der Waals surface area contributed by atoms with Crippen molar-refractivity contribution < 1.29 is 27.5 Å². The number of nitrogens with one attached hydrogen (secondary N) is 1. The fraction of sp³-hybridized carbons (Fsp3) is 0.500. The molecule has 10 heteroatoms. The molecule has 2 saturated heterocycles. The Kier molecular flexibility index (Phi) is 4.56. The van der Waals surface area contributed by atoms with Crippen LogP contribution in [0.5, 0.6) is 11.5 Å². The molecule has 1 aromatic heterocycles. The molecule has 3 aliphatic rings. The number of aromatic nitrogens is 2. The molecule has 2 amide bonds. The van der Waals surface area contributed by atoms with E-state index in [0.29, 0.717) is 29.8 Å². The predicted octanol–water partition coefficient (Wildman–Crippen LogP) is 2.82. The molecule has 0 unspecified atom stereocenters. The Labute approximate surface area is 159 Å². The quantitative estimate of drug-likeness (QED) is 0.810. The number of halogens is 2. The third-order valence-electron chi connectivity index (χ3n) is 5.27. The molecule has 1 aromatic carbocycles. The Morgan fingerprint density at radius 2 is 2.18 bits per heavy atom. The number of fused-ring (bicyclic) bond motifs is 1. The number of nitrogens with zero attached hydrogens (tertiary/aromatic N) is 3. The number of ether oxygens (including phenoxy) is 2. The number of hydrogen-bond donors (Lipinski definition) is 1. The largest absolute Gasteiger partial charge is 0.493 e. The van der Waals surface area contributed by atoms with Crippen molar-refractivity contribution in [3.8, 4) is 11.5 Å². The summed E-state index contributed by atoms with van der Waals surface area (Å²) in [5.41, 5.74) is 0.0684. The van der Waals surface area contributed by atoms with Gasteiger partial charge in [-0.05, 0) is 36.5 Å². The van der Waals surface area contributed by atoms with Crippen LogP contribution in [0.25, 0.3) is 0 Å². The van der Waals surface area contributed by atoms with Gasteiger partial charge in [-0.3, -0.25) is 0 Å². The lowest BCUT2D eigenvalue weighted by Crippen LogP contribution is -2.49. The molecule has 0 atom stereocenters. The zero-order chi connectivity index (χ0) is 19.9. The van der Waals surface area contributed by atoms with Gasteiger partial charge in [-0.25, -0.2) is 4.79 Å². The average molecular weight is 394 g/mol. The lowest BCUT2D eigenvalue weighted by atomic mass is 9.73. The van der Waals surface area contributed by atoms with Gasteiger partial charge in [-0.1, -0.05) is 6.07 Å². The van der Waals surface area contributed by atoms with Gasteiger partial charge >= 0.3 is 12.6 Å². The average Bonchev–Trinajstić information content (AvgIpc) is 3.31. The number of urea groups is 1. The number of rotatable bonds is 6. The molecule has 2 aromatic rings. The van der Waals surface area contributed by atoms with Crippen LogP contribution in [0.1, 0.15) is 30.2 Å². The second-order valence-corrected chi connectivity index (χ2v) is 7.07. The first-order valence-corrected chi connectivity index (χ1v) is 8.89. The van der Waals surface area contributed by atoms with Gasteiger partial charge in [0.2, 0.25) is 11.8 Å². The first kappa shape index (κ1) is 18.5. The lowest BCUT2D eigenvalue weighted by molar-refractivity contribution is -0.0512. The summed E-state index contributed by atoms with van der Waals surface area (Å²) in [5.74, 6) is 1.47. The fourth-order valence-corrected chi connectivity index (χ4v) is 4.02. The summed E-state index contributed by atoms with van der Waals surface area (Å²) >= 11 is 0. The summed E-state index contributed by atoms with van der Waals surface area (Å²) in [7, 11) is 1.37. The molecule has 0 radical (unpaired) electrons. The minimum atomic E-state index is -2.96. The highest BCUT2D eigenvalue weighted by molar-refractivity contribution is 5.76. The highest BCUT2D eigenvalue weighted by Crippen LogP contribution is 2.56. The lowest BCUT2D eigenvalue weighted by Gasteiger charge is -2.38. The maximum absolute atomic E-state index is 12.8. The van der Waals surface area contributed by atoms with Gasteiger partial charge in [0.25, 0.3) is 0 Å². The van der Waals surface area contributed by atoms with Gasteiger partial charge in [0, 0.05) is 20.0 Å². The molecular weight excluding hydrogens is 374 g/mol. The van der Waals surface area contributed by atoms with Crippen LogP contribution in [0.2, 0.25) is 0 Å². The minimum absolute atomic E-state index is 0.0783. The van der Waals surface area contributed by atoms with E-state index in [1.54, 1.807) is 17.9 Å². The number of carbonyl (C=O) groups excluding carboxylic acids is 1. The van der Waals surface area contributed by atoms with Crippen LogP contribution in [-0.2, 0) is 12.1 Å². The van der Waals surface area contributed by atoms with Gasteiger partial charge in [0.1, 0.15) is 5.54 Å². The second-order valence-electron chi connectivity index (χ2n) is 7.07. The molecule has 1 N–H and O–H groups in total. The summed E-state index contributed by atoms with van der Waals surface area (Å²) in [6.07, 6.45) is 1.61. The number of carbonyl (C=O) groups is 1. The third-order valence-corrected chi connectivity index (χ3v) is 5.27. The standard InChI is InChI=1S/C18H20F2N4O4/c1-10-22-23-15(27-10)18-6-12(7-18)9-24(18)17(25)21-8-11-3-4-13(26-2)14(5-11)28-16(19)20/h3-5,12,16H,6-9H2,1-2H3,(H,21,25). The van der Waals surface area contributed by atoms with E-state index in [-0.39, 0.29) is 24.1 Å². The van der Waals surface area contributed by atoms with Gasteiger partial charge in [0.05, 0.1) is 7.11 Å². The van der Waals surface area contributed by atoms with E-state index in [2.05, 4.69) is 20.3 Å². The summed E-state index contributed by atoms with van der Waals surface area (Å²) in [6.45, 7) is -0.475. The summed E-state index contributed by atoms with van der Waals surface area (Å²) < 4.78 is 40.2. The van der Waals surface area contributed by atoms with Crippen LogP contribution in [0.3, 0.4) is 0 Å². The van der Waals surface area contributed by atoms with E-state index >= 15 is 0 Å². The van der Waals surface area contributed by atoms with Gasteiger partial charge in [-0.2, -0.15) is 8.78 Å². The van der Waals surface area contributed by atoms with E-state index in [0.717, 1.165) is 12.8 Å². The zero-order valence-corrected chi connectivity index (χ0v) is 15.4. The summed E-state index contributed by atoms with van der Waals surface area (Å²) in [4.78, 5) is 14.5. The van der Waals surface area contributed by atoms with Crippen molar-refractivity contribution in [2.75, 3.05) is 13.7 Å². The van der Waals surface area contributed by atoms with E-state index in [1.165, 1.54) is 19.2 Å². The number of benzene rings is 1. The first-order chi connectivity index (χ1) is 13.4. The Morgan fingerprint density at radius 1 is 1.39 bits per heavy atom. The zero-order valence-electron chi connectivity index (χ0n) is 15.4. The molecule has 8 nitrogen and oxygen atoms in total. The molecule has 28 heavy (non-hydrogen) atoms. The summed E-state index contributed by atoms with van der Waals surface area (Å²) in [5, 5.41) is 10.8. The van der Waals surface area contributed by atoms with E-state index in [9.17, 15) is 13.6 Å². The van der Waals surface area contributed by atoms with Crippen molar-refractivity contribution in [3.63, 3.8) is 0 Å². The van der Waals surface area contributed by atoms with Crippen LogP contribution < -0.4 is 14.8 Å². The van der Waals surface area contributed by atoms with Crippen LogP contribution in [0.4, 0.5) is 13.6 Å². The number of hydrogen-bond acceptors (Lipinski definition) is 6. The van der Waals surface area contributed by atoms with E-state index < -0.39 is 12.2 Å². The van der Waals surface area contributed by atoms with Gasteiger partial charge in [-0.15, -0.1) is 10.2 Å². The van der Waals surface area contributed by atoms with Crippen LogP contribution in [-0.4, -0.2) is 41.4 Å². The topological polar surface area (TPSA) is 89.7 Å². The molecule has 3 fully saturated rings. The second kappa shape index (κ2) is 6.92. The number of aryl methyl sites for hydroxylation is 1. The highest BCUT2D eigenvalue weighted by atomic mass is 19.3. The van der Waals surface area contributed by atoms with Crippen molar-refractivity contribution >= 4 is 6.03 Å². The van der Waals surface area contributed by atoms with Crippen molar-refractivity contribution in [1.29, 1.82) is 0 Å². The van der Waals surface area contributed by atoms with Crippen molar-refractivity contribution in [2.24, 2.45) is 5.92 Å². The molecule has 2 aliphatic heterocycles. The van der Waals surface area contributed by atoms with Crippen molar-refractivity contribution in [1.82, 2.24) is 20.4 Å². The number of amides is 2. The van der Waals surface area contributed by atoms with Crippen LogP contribution in [0.15, 0.2) is 22.6 Å². The Balaban J connectivity index is 1.45. The summed E-state index contributed by atoms with van der Waals surface area (Å²) in [6, 6.07) is 4.36. The molecule has 1 aliphatic carbocycles. The fourth-order valence-electron chi connectivity index (χ4n) is 4.02. The van der Waals surface area contributed by atoms with Crippen LogP contribution >= 0.6 is 0 Å². The Bertz CT molecular complexity index is 882. The first-order valence-electron chi connectivity index (χ1n) is 8.89. The van der Waals surface area contributed by atoms with E-state index in [4.69, 9.17) is 9.15 Å². The maximum Gasteiger partial charge on any atom is 0.387 e. The maximum atomic E-state index is 12.8. The molecule has 1 saturated carbocycles. The smallest absolute Gasteiger partial charge is 0.387 e. The monoisotopic (exact) mass is 394 g/mol. The highest BCUT2D eigenvalue weighted by Gasteiger charge is 2.62. The predicted molar refractivity (Wildman–Crippen MR) is 92.0 cm³/mol. The Morgan fingerprint density at radius 3 is 2.82 bits per heavy atom. The number of methoxy groups -OCH3 is 1. The SMILES string of the molecule is COc1ccc(CNC(=O)N2CC3CC2(c2nnc(C)o2)C3)cc1OC(F)F. The van der Waals surface area contributed by atoms with Crippen molar-refractivity contribution in [3.05, 3.63) is 35.5 Å². The van der Waals surface area contributed by atoms with Crippen LogP contribution in [0, 0.1) is 12.8 Å². The normalized spacial score (nSPS) is 22.9. The molecule has 150 valence electrons. The van der Waals surface area contributed by atoms with Gasteiger partial charge in [0.15, 0.2) is 11.5 Å². The molecule has 5 rings (SSSR count). The molecule has 3 heterocycles. The van der Waals surface area contributed by atoms with Crippen molar-refractivity contribution in [2.45, 2.75) is 38.5 Å². The van der Waals surface area contributed by atoms with Gasteiger partial charge < -0.3 is 24.1 Å². The Hall–Kier alpha value is -2.91. The number of alkyl halides is 2. The van der Waals surface area contributed by atoms with E-state index in [1.807, 2.05) is 0 Å². The molecule has 0 spiro atoms. The molecular formula is C18H20F2N4O4. The third kappa shape index (κ3) is 3.12. The minimum Gasteiger partial charge on any atom is -0.493 e.